The molecule has 0 saturated heterocycles. The second-order valence-corrected chi connectivity index (χ2v) is 18.0. The Morgan fingerprint density at radius 3 is 1.06 bits per heavy atom. The molecule has 0 bridgehead atoms. The van der Waals surface area contributed by atoms with Gasteiger partial charge in [0.1, 0.15) is 30.0 Å². The minimum absolute atomic E-state index is 0. The minimum atomic E-state index is -5.10. The molecule has 0 aliphatic heterocycles. The average Bonchev–Trinajstić information content (AvgIpc) is 3.12. The normalized spacial score (nSPS) is 12.1. The maximum absolute atomic E-state index is 13.2. The van der Waals surface area contributed by atoms with Crippen molar-refractivity contribution in [1.82, 2.24) is 0 Å². The summed E-state index contributed by atoms with van der Waals surface area (Å²) in [6.45, 7) is 0. The Morgan fingerprint density at radius 1 is 0.484 bits per heavy atom. The van der Waals surface area contributed by atoms with Crippen LogP contribution in [0.4, 0.5) is 34.1 Å². The number of anilines is 2. The van der Waals surface area contributed by atoms with Crippen LogP contribution >= 0.6 is 0 Å². The Kier molecular flexibility index (Phi) is 19.4. The molecule has 0 atom stereocenters. The first-order chi connectivity index (χ1) is 26.9. The number of fused-ring (bicyclic) bond motifs is 2. The van der Waals surface area contributed by atoms with Crippen LogP contribution in [0.2, 0.25) is 0 Å². The van der Waals surface area contributed by atoms with Crippen molar-refractivity contribution >= 4 is 96.1 Å². The van der Waals surface area contributed by atoms with Gasteiger partial charge in [-0.1, -0.05) is 35.8 Å². The Balaban J connectivity index is 0.00000331. The van der Waals surface area contributed by atoms with Crippen LogP contribution in [0.25, 0.3) is 21.5 Å². The van der Waals surface area contributed by atoms with Crippen molar-refractivity contribution in [3.05, 3.63) is 96.1 Å². The van der Waals surface area contributed by atoms with Crippen LogP contribution in [-0.4, -0.2) is 51.9 Å². The number of azo groups is 2. The second-order valence-electron chi connectivity index (χ2n) is 12.4. The monoisotopic (exact) mass is 960 g/mol. The fourth-order valence-corrected chi connectivity index (χ4v) is 8.18. The van der Waals surface area contributed by atoms with Crippen LogP contribution in [0.15, 0.2) is 125 Å². The van der Waals surface area contributed by atoms with Gasteiger partial charge >= 0.3 is 118 Å². The summed E-state index contributed by atoms with van der Waals surface area (Å²) < 4.78 is 137. The van der Waals surface area contributed by atoms with E-state index in [1.807, 2.05) is 0 Å². The number of hydrogen-bond donors (Lipinski definition) is 4. The van der Waals surface area contributed by atoms with Crippen molar-refractivity contribution in [3.63, 3.8) is 0 Å². The van der Waals surface area contributed by atoms with Gasteiger partial charge in [-0.3, -0.25) is 9.11 Å². The summed E-state index contributed by atoms with van der Waals surface area (Å²) in [6, 6.07) is 17.2. The standard InChI is InChI=1S/C34H28N6O14S4.4Na/c35-25-15-23(55(43,44)45)11-19-13-27(57(49,50)51)31(33(41)29(19)25)39-37-21-7-3-17(4-8-21)1-2-18-5-9-22(10-6-18)38-40-32-28(58(52,53)54)14-20-12-24(56(46,47)48)16-26(36)30(20)34(32)42;;;;/h3-16,41-42H,1-2,35-36H2,(H,43,44,45)(H,46,47,48)(H,49,50,51)(H,52,53,54);;;;/q;4*+1/p-4. The predicted octanol–water partition coefficient (Wildman–Crippen LogP) is -7.76. The Bertz CT molecular complexity index is 3000. The van der Waals surface area contributed by atoms with Crippen LogP contribution in [0, 0.1) is 0 Å². The van der Waals surface area contributed by atoms with E-state index >= 15 is 0 Å². The summed E-state index contributed by atoms with van der Waals surface area (Å²) in [5.41, 5.74) is 11.1. The van der Waals surface area contributed by atoms with Crippen molar-refractivity contribution in [1.29, 1.82) is 0 Å². The van der Waals surface area contributed by atoms with E-state index in [0.717, 1.165) is 47.5 Å². The molecule has 0 aliphatic rings. The second kappa shape index (κ2) is 21.5. The van der Waals surface area contributed by atoms with Crippen molar-refractivity contribution in [2.75, 3.05) is 11.5 Å². The zero-order valence-electron chi connectivity index (χ0n) is 32.9. The van der Waals surface area contributed by atoms with E-state index in [-0.39, 0.29) is 151 Å². The van der Waals surface area contributed by atoms with Crippen molar-refractivity contribution < 1.29 is 180 Å². The van der Waals surface area contributed by atoms with Crippen molar-refractivity contribution in [2.45, 2.75) is 32.4 Å². The molecule has 20 nitrogen and oxygen atoms in total. The topological polar surface area (TPSA) is 371 Å². The molecular formula is C34H24N6Na4O14S4. The first-order valence-electron chi connectivity index (χ1n) is 15.9. The summed E-state index contributed by atoms with van der Waals surface area (Å²) in [7, 11) is -20.3. The molecule has 28 heteroatoms. The van der Waals surface area contributed by atoms with Gasteiger partial charge in [-0.15, -0.1) is 10.2 Å². The summed E-state index contributed by atoms with van der Waals surface area (Å²) in [6.07, 6.45) is 0.984. The summed E-state index contributed by atoms with van der Waals surface area (Å²) in [5.74, 6) is -2.20. The molecule has 0 aromatic heterocycles. The largest absolute Gasteiger partial charge is 1.00 e. The van der Waals surface area contributed by atoms with Gasteiger partial charge in [-0.2, -0.15) is 27.1 Å². The van der Waals surface area contributed by atoms with Crippen LogP contribution < -0.4 is 140 Å². The zero-order chi connectivity index (χ0) is 42.5. The minimum Gasteiger partial charge on any atom is -0.870 e. The molecule has 6 N–H and O–H groups in total. The van der Waals surface area contributed by atoms with Gasteiger partial charge in [0.2, 0.25) is 0 Å². The van der Waals surface area contributed by atoms with E-state index in [4.69, 9.17) is 11.5 Å². The third-order valence-corrected chi connectivity index (χ3v) is 11.9. The molecule has 0 saturated carbocycles. The van der Waals surface area contributed by atoms with Gasteiger partial charge < -0.3 is 30.8 Å². The number of rotatable bonds is 11. The van der Waals surface area contributed by atoms with Gasteiger partial charge in [0.05, 0.1) is 32.5 Å². The molecule has 302 valence electrons. The van der Waals surface area contributed by atoms with Crippen molar-refractivity contribution in [2.24, 2.45) is 20.5 Å². The van der Waals surface area contributed by atoms with Crippen molar-refractivity contribution in [3.8, 4) is 11.5 Å². The fourth-order valence-electron chi connectivity index (χ4n) is 5.78. The zero-order valence-corrected chi connectivity index (χ0v) is 44.1. The van der Waals surface area contributed by atoms with Crippen LogP contribution in [0.5, 0.6) is 11.5 Å². The van der Waals surface area contributed by atoms with E-state index in [1.54, 1.807) is 24.3 Å². The molecule has 0 unspecified atom stereocenters. The van der Waals surface area contributed by atoms with Gasteiger partial charge in [0.15, 0.2) is 0 Å². The Hall–Kier alpha value is -2.12. The summed E-state index contributed by atoms with van der Waals surface area (Å²) in [5, 5.41) is 40.4. The van der Waals surface area contributed by atoms with E-state index in [9.17, 15) is 62.1 Å². The number of nitrogen functional groups attached to an aromatic ring is 2. The number of aryl methyl sites for hydroxylation is 2. The van der Waals surface area contributed by atoms with Crippen LogP contribution in [-0.2, 0) is 53.3 Å². The predicted molar refractivity (Wildman–Crippen MR) is 200 cm³/mol. The molecule has 0 fully saturated rings. The SMILES string of the molecule is Nc1cc(S(=O)(=O)[O-])cc2cc(S(=O)(=O)O)c(N=Nc3ccc(CCc4ccc(N=Nc5c(S(=O)(=O)O)cc6cc(S(=O)(=O)[O-])cc(N)c6c5[O-])cc4)cc3)c([O-])c12.[Na+].[Na+].[Na+].[Na+]. The molecule has 0 heterocycles. The Morgan fingerprint density at radius 2 is 0.790 bits per heavy atom. The van der Waals surface area contributed by atoms with E-state index in [2.05, 4.69) is 20.5 Å². The molecule has 6 aromatic rings. The van der Waals surface area contributed by atoms with Gasteiger partial charge in [-0.05, 0) is 106 Å². The first kappa shape index (κ1) is 56.0. The maximum Gasteiger partial charge on any atom is 1.00 e. The van der Waals surface area contributed by atoms with Gasteiger partial charge in [0.25, 0.3) is 20.2 Å². The van der Waals surface area contributed by atoms with Gasteiger partial charge in [0, 0.05) is 11.4 Å². The maximum atomic E-state index is 13.2. The number of benzene rings is 6. The van der Waals surface area contributed by atoms with E-state index < -0.39 is 94.3 Å². The summed E-state index contributed by atoms with van der Waals surface area (Å²) >= 11 is 0. The Labute approximate surface area is 442 Å². The number of nitrogens with two attached hydrogens (primary N) is 2. The van der Waals surface area contributed by atoms with E-state index in [0.29, 0.717) is 12.8 Å². The van der Waals surface area contributed by atoms with Gasteiger partial charge in [-0.25, -0.2) is 16.8 Å². The van der Waals surface area contributed by atoms with E-state index in [1.165, 1.54) is 24.3 Å². The molecule has 0 aliphatic carbocycles. The smallest absolute Gasteiger partial charge is 0.870 e. The molecule has 62 heavy (non-hydrogen) atoms. The fraction of sp³-hybridized carbons (Fsp3) is 0.0588. The average molecular weight is 961 g/mol. The number of nitrogens with zero attached hydrogens (tertiary/aromatic N) is 4. The third-order valence-electron chi connectivity index (χ3n) is 8.51. The molecule has 6 aromatic carbocycles. The number of hydrogen-bond acceptors (Lipinski definition) is 18. The molecule has 0 amide bonds. The molecule has 6 rings (SSSR count). The molecule has 0 spiro atoms. The summed E-state index contributed by atoms with van der Waals surface area (Å²) in [4.78, 5) is -3.63. The quantitative estimate of drug-likeness (QED) is 0.0406. The molecule has 0 radical (unpaired) electrons. The first-order valence-corrected chi connectivity index (χ1v) is 21.6. The van der Waals surface area contributed by atoms with Crippen LogP contribution in [0.1, 0.15) is 11.1 Å². The van der Waals surface area contributed by atoms with Crippen LogP contribution in [0.3, 0.4) is 0 Å². The third kappa shape index (κ3) is 12.8. The molecular weight excluding hydrogens is 937 g/mol.